The summed E-state index contributed by atoms with van der Waals surface area (Å²) in [5.41, 5.74) is 3.73. The van der Waals surface area contributed by atoms with E-state index in [1.54, 1.807) is 0 Å². The SMILES string of the molecule is C(c1ccc(-c2ccccc2)cc1)=P(c1ccccc1)(c1ccccc1)c1ccccc1. The fourth-order valence-corrected chi connectivity index (χ4v) is 8.16. The monoisotopic (exact) mass is 428 g/mol. The zero-order chi connectivity index (χ0) is 21.6. The molecule has 0 atom stereocenters. The Morgan fingerprint density at radius 2 is 0.688 bits per heavy atom. The summed E-state index contributed by atoms with van der Waals surface area (Å²) in [5.74, 6) is 2.52. The Kier molecular flexibility index (Phi) is 5.88. The van der Waals surface area contributed by atoms with Crippen molar-refractivity contribution in [2.75, 3.05) is 0 Å². The van der Waals surface area contributed by atoms with Gasteiger partial charge < -0.3 is 0 Å². The highest BCUT2D eigenvalue weighted by molar-refractivity contribution is 7.94. The first-order valence-electron chi connectivity index (χ1n) is 10.9. The van der Waals surface area contributed by atoms with Crippen LogP contribution in [0.25, 0.3) is 11.1 Å². The normalized spacial score (nSPS) is 11.1. The van der Waals surface area contributed by atoms with Crippen LogP contribution < -0.4 is 15.9 Å². The molecule has 1 heteroatoms. The molecule has 0 aliphatic carbocycles. The van der Waals surface area contributed by atoms with Crippen LogP contribution in [0.2, 0.25) is 0 Å². The van der Waals surface area contributed by atoms with Crippen LogP contribution in [0, 0.1) is 0 Å². The summed E-state index contributed by atoms with van der Waals surface area (Å²) in [7, 11) is 0. The summed E-state index contributed by atoms with van der Waals surface area (Å²) < 4.78 is 0. The van der Waals surface area contributed by atoms with Gasteiger partial charge in [0.25, 0.3) is 0 Å². The molecule has 0 aliphatic rings. The summed E-state index contributed by atoms with van der Waals surface area (Å²) in [6.07, 6.45) is 0. The Hall–Kier alpha value is -3.60. The molecule has 0 aromatic heterocycles. The maximum absolute atomic E-state index is 2.52. The fourth-order valence-electron chi connectivity index (χ4n) is 4.28. The van der Waals surface area contributed by atoms with Crippen molar-refractivity contribution >= 4 is 28.6 Å². The predicted octanol–water partition coefficient (Wildman–Crippen LogP) is 6.50. The quantitative estimate of drug-likeness (QED) is 0.280. The molecule has 154 valence electrons. The molecule has 0 saturated heterocycles. The molecule has 32 heavy (non-hydrogen) atoms. The second kappa shape index (κ2) is 9.27. The van der Waals surface area contributed by atoms with Crippen molar-refractivity contribution in [2.45, 2.75) is 0 Å². The average molecular weight is 429 g/mol. The molecule has 0 nitrogen and oxygen atoms in total. The first-order valence-corrected chi connectivity index (χ1v) is 12.8. The number of hydrogen-bond donors (Lipinski definition) is 0. The topological polar surface area (TPSA) is 0 Å². The van der Waals surface area contributed by atoms with Crippen LogP contribution in [0.4, 0.5) is 0 Å². The maximum atomic E-state index is 2.52. The lowest BCUT2D eigenvalue weighted by Gasteiger charge is -2.29. The van der Waals surface area contributed by atoms with E-state index in [9.17, 15) is 0 Å². The Morgan fingerprint density at radius 1 is 0.344 bits per heavy atom. The van der Waals surface area contributed by atoms with Gasteiger partial charge in [-0.3, -0.25) is 0 Å². The third-order valence-corrected chi connectivity index (χ3v) is 9.87. The number of hydrogen-bond acceptors (Lipinski definition) is 0. The first kappa shape index (κ1) is 20.3. The maximum Gasteiger partial charge on any atom is -0.0160 e. The highest BCUT2D eigenvalue weighted by atomic mass is 31.2. The van der Waals surface area contributed by atoms with E-state index in [1.807, 2.05) is 0 Å². The van der Waals surface area contributed by atoms with Crippen molar-refractivity contribution < 1.29 is 0 Å². The third-order valence-electron chi connectivity index (χ3n) is 5.85. The van der Waals surface area contributed by atoms with Gasteiger partial charge in [0.05, 0.1) is 0 Å². The van der Waals surface area contributed by atoms with Crippen molar-refractivity contribution in [2.24, 2.45) is 0 Å². The highest BCUT2D eigenvalue weighted by Gasteiger charge is 2.24. The van der Waals surface area contributed by atoms with E-state index in [0.29, 0.717) is 0 Å². The molecule has 0 heterocycles. The minimum Gasteiger partial charge on any atom is -0.0622 e. The summed E-state index contributed by atoms with van der Waals surface area (Å²) in [5, 5.41) is 4.10. The second-order valence-electron chi connectivity index (χ2n) is 7.85. The number of rotatable bonds is 5. The molecule has 0 amide bonds. The zero-order valence-electron chi connectivity index (χ0n) is 17.9. The lowest BCUT2D eigenvalue weighted by Crippen LogP contribution is -2.27. The van der Waals surface area contributed by atoms with Gasteiger partial charge in [-0.25, -0.2) is 0 Å². The van der Waals surface area contributed by atoms with E-state index in [4.69, 9.17) is 0 Å². The van der Waals surface area contributed by atoms with Gasteiger partial charge in [0.1, 0.15) is 0 Å². The largest absolute Gasteiger partial charge is 0.0622 e. The molecule has 0 radical (unpaired) electrons. The van der Waals surface area contributed by atoms with Crippen molar-refractivity contribution in [1.82, 2.24) is 0 Å². The van der Waals surface area contributed by atoms with Crippen molar-refractivity contribution in [3.63, 3.8) is 0 Å². The Bertz CT molecular complexity index is 1220. The minimum atomic E-state index is -1.99. The Balaban J connectivity index is 1.76. The minimum absolute atomic E-state index is 1.24. The molecular formula is C31H25P. The van der Waals surface area contributed by atoms with Crippen molar-refractivity contribution in [1.29, 1.82) is 0 Å². The fraction of sp³-hybridized carbons (Fsp3) is 0. The van der Waals surface area contributed by atoms with E-state index in [1.165, 1.54) is 32.6 Å². The first-order chi connectivity index (χ1) is 15.9. The summed E-state index contributed by atoms with van der Waals surface area (Å²) in [4.78, 5) is 0. The van der Waals surface area contributed by atoms with Crippen LogP contribution >= 0.6 is 6.89 Å². The molecule has 0 spiro atoms. The third kappa shape index (κ3) is 3.98. The lowest BCUT2D eigenvalue weighted by atomic mass is 10.0. The van der Waals surface area contributed by atoms with E-state index < -0.39 is 6.89 Å². The van der Waals surface area contributed by atoms with E-state index in [-0.39, 0.29) is 0 Å². The van der Waals surface area contributed by atoms with E-state index in [2.05, 4.69) is 151 Å². The molecule has 5 aromatic rings. The molecule has 0 unspecified atom stereocenters. The van der Waals surface area contributed by atoms with Gasteiger partial charge in [0.15, 0.2) is 0 Å². The van der Waals surface area contributed by atoms with E-state index in [0.717, 1.165) is 0 Å². The van der Waals surface area contributed by atoms with Gasteiger partial charge in [0.2, 0.25) is 0 Å². The van der Waals surface area contributed by atoms with Gasteiger partial charge in [-0.1, -0.05) is 146 Å². The van der Waals surface area contributed by atoms with Gasteiger partial charge in [-0.2, -0.15) is 0 Å². The van der Waals surface area contributed by atoms with Crippen LogP contribution in [-0.2, 0) is 0 Å². The van der Waals surface area contributed by atoms with Gasteiger partial charge in [0, 0.05) is 0 Å². The zero-order valence-corrected chi connectivity index (χ0v) is 18.8. The molecule has 0 aliphatic heterocycles. The number of benzene rings is 5. The standard InChI is InChI=1S/C31H25P/c1-5-13-27(14-6-1)28-23-21-26(22-24-28)25-32(29-15-7-2-8-16-29,30-17-9-3-10-18-30)31-19-11-4-12-20-31/h1-25H. The Morgan fingerprint density at radius 3 is 1.09 bits per heavy atom. The van der Waals surface area contributed by atoms with Gasteiger partial charge in [-0.15, -0.1) is 0 Å². The van der Waals surface area contributed by atoms with Crippen molar-refractivity contribution in [3.05, 3.63) is 151 Å². The molecule has 5 aromatic carbocycles. The predicted molar refractivity (Wildman–Crippen MR) is 142 cm³/mol. The Labute approximate surface area is 190 Å². The van der Waals surface area contributed by atoms with Crippen LogP contribution in [0.1, 0.15) is 5.56 Å². The molecule has 0 bridgehead atoms. The molecule has 5 rings (SSSR count). The van der Waals surface area contributed by atoms with E-state index >= 15 is 0 Å². The lowest BCUT2D eigenvalue weighted by molar-refractivity contribution is 1.61. The van der Waals surface area contributed by atoms with Gasteiger partial charge in [-0.05, 0) is 45.3 Å². The van der Waals surface area contributed by atoms with Crippen LogP contribution in [-0.4, -0.2) is 5.80 Å². The summed E-state index contributed by atoms with van der Waals surface area (Å²) in [6.45, 7) is -1.99. The average Bonchev–Trinajstić information content (AvgIpc) is 2.90. The molecule has 0 fully saturated rings. The van der Waals surface area contributed by atoms with Crippen molar-refractivity contribution in [3.8, 4) is 11.1 Å². The molecular weight excluding hydrogens is 403 g/mol. The van der Waals surface area contributed by atoms with Crippen LogP contribution in [0.5, 0.6) is 0 Å². The highest BCUT2D eigenvalue weighted by Crippen LogP contribution is 2.44. The second-order valence-corrected chi connectivity index (χ2v) is 11.1. The molecule has 0 saturated carbocycles. The summed E-state index contributed by atoms with van der Waals surface area (Å²) in [6, 6.07) is 52.5. The van der Waals surface area contributed by atoms with Crippen LogP contribution in [0.3, 0.4) is 0 Å². The smallest absolute Gasteiger partial charge is 0.0160 e. The summed E-state index contributed by atoms with van der Waals surface area (Å²) >= 11 is 0. The van der Waals surface area contributed by atoms with Gasteiger partial charge >= 0.3 is 0 Å². The van der Waals surface area contributed by atoms with Crippen LogP contribution in [0.15, 0.2) is 146 Å². The molecule has 0 N–H and O–H groups in total.